The molecule has 1 amide bonds. The minimum atomic E-state index is -0.266. The maximum atomic E-state index is 11.9. The van der Waals surface area contributed by atoms with Crippen molar-refractivity contribution in [2.75, 3.05) is 6.54 Å². The number of aromatic nitrogens is 3. The number of fused-ring (bicyclic) bond motifs is 1. The minimum Gasteiger partial charge on any atom is -0.365 e. The average Bonchev–Trinajstić information content (AvgIpc) is 3.06. The number of ether oxygens (including phenoxy) is 1. The number of rotatable bonds is 4. The van der Waals surface area contributed by atoms with Crippen molar-refractivity contribution in [1.82, 2.24) is 20.1 Å². The number of hydrogen-bond acceptors (Lipinski definition) is 4. The number of nitrogens with one attached hydrogen (secondary N) is 1. The van der Waals surface area contributed by atoms with Gasteiger partial charge in [0.25, 0.3) is 0 Å². The fourth-order valence-corrected chi connectivity index (χ4v) is 2.96. The Morgan fingerprint density at radius 3 is 3.10 bits per heavy atom. The Morgan fingerprint density at radius 2 is 2.30 bits per heavy atom. The summed E-state index contributed by atoms with van der Waals surface area (Å²) in [5, 5.41) is 11.4. The van der Waals surface area contributed by atoms with Crippen LogP contribution in [0.15, 0.2) is 0 Å². The van der Waals surface area contributed by atoms with Gasteiger partial charge in [0.2, 0.25) is 5.91 Å². The quantitative estimate of drug-likeness (QED) is 0.886. The highest BCUT2D eigenvalue weighted by molar-refractivity contribution is 5.80. The molecule has 6 heteroatoms. The summed E-state index contributed by atoms with van der Waals surface area (Å²) in [6.07, 6.45) is 5.88. The van der Waals surface area contributed by atoms with E-state index < -0.39 is 0 Å². The van der Waals surface area contributed by atoms with Gasteiger partial charge in [-0.25, -0.2) is 0 Å². The molecule has 2 aliphatic rings. The zero-order valence-electron chi connectivity index (χ0n) is 12.0. The predicted octanol–water partition coefficient (Wildman–Crippen LogP) is 0.841. The number of aryl methyl sites for hydroxylation is 1. The van der Waals surface area contributed by atoms with Gasteiger partial charge in [-0.05, 0) is 32.6 Å². The fourth-order valence-electron chi connectivity index (χ4n) is 2.96. The van der Waals surface area contributed by atoms with E-state index in [2.05, 4.69) is 20.1 Å². The van der Waals surface area contributed by atoms with Gasteiger partial charge in [-0.2, -0.15) is 0 Å². The third-order valence-electron chi connectivity index (χ3n) is 4.11. The van der Waals surface area contributed by atoms with Crippen LogP contribution in [0.3, 0.4) is 0 Å². The first-order chi connectivity index (χ1) is 9.74. The van der Waals surface area contributed by atoms with Crippen molar-refractivity contribution in [2.24, 2.45) is 0 Å². The fraction of sp³-hybridized carbons (Fsp3) is 0.786. The molecular weight excluding hydrogens is 256 g/mol. The average molecular weight is 278 g/mol. The standard InChI is InChI=1S/C14H22N4O2/c1-10-5-6-11(20-10)14(19)15-8-7-13-17-16-12-4-2-3-9-18(12)13/h10-11H,2-9H2,1H3,(H,15,19)/t10-,11-/m1/s1. The smallest absolute Gasteiger partial charge is 0.249 e. The molecule has 0 unspecified atom stereocenters. The Kier molecular flexibility index (Phi) is 4.00. The van der Waals surface area contributed by atoms with E-state index in [0.717, 1.165) is 43.9 Å². The Hall–Kier alpha value is -1.43. The summed E-state index contributed by atoms with van der Waals surface area (Å²) < 4.78 is 7.75. The highest BCUT2D eigenvalue weighted by atomic mass is 16.5. The lowest BCUT2D eigenvalue weighted by atomic mass is 10.1. The molecule has 1 N–H and O–H groups in total. The topological polar surface area (TPSA) is 69.0 Å². The van der Waals surface area contributed by atoms with Gasteiger partial charge in [0, 0.05) is 25.9 Å². The van der Waals surface area contributed by atoms with Crippen LogP contribution < -0.4 is 5.32 Å². The molecule has 2 atom stereocenters. The molecule has 0 saturated carbocycles. The summed E-state index contributed by atoms with van der Waals surface area (Å²) in [7, 11) is 0. The van der Waals surface area contributed by atoms with E-state index in [9.17, 15) is 4.79 Å². The van der Waals surface area contributed by atoms with E-state index in [0.29, 0.717) is 6.54 Å². The number of carbonyl (C=O) groups is 1. The molecule has 20 heavy (non-hydrogen) atoms. The van der Waals surface area contributed by atoms with Gasteiger partial charge in [0.15, 0.2) is 0 Å². The van der Waals surface area contributed by atoms with Crippen LogP contribution in [0.25, 0.3) is 0 Å². The summed E-state index contributed by atoms with van der Waals surface area (Å²) in [6, 6.07) is 0. The van der Waals surface area contributed by atoms with Gasteiger partial charge in [-0.1, -0.05) is 0 Å². The highest BCUT2D eigenvalue weighted by Gasteiger charge is 2.27. The molecule has 3 rings (SSSR count). The molecule has 1 saturated heterocycles. The van der Waals surface area contributed by atoms with Crippen molar-refractivity contribution in [3.63, 3.8) is 0 Å². The molecule has 3 heterocycles. The maximum absolute atomic E-state index is 11.9. The van der Waals surface area contributed by atoms with Crippen LogP contribution in [0.5, 0.6) is 0 Å². The van der Waals surface area contributed by atoms with Crippen molar-refractivity contribution in [3.8, 4) is 0 Å². The van der Waals surface area contributed by atoms with Gasteiger partial charge in [0.05, 0.1) is 6.10 Å². The number of amides is 1. The van der Waals surface area contributed by atoms with Gasteiger partial charge < -0.3 is 14.6 Å². The van der Waals surface area contributed by atoms with Gasteiger partial charge in [-0.15, -0.1) is 10.2 Å². The second-order valence-corrected chi connectivity index (χ2v) is 5.69. The first-order valence-electron chi connectivity index (χ1n) is 7.58. The molecular formula is C14H22N4O2. The summed E-state index contributed by atoms with van der Waals surface area (Å²) in [6.45, 7) is 3.62. The SMILES string of the molecule is C[C@@H]1CC[C@H](C(=O)NCCc2nnc3n2CCCC3)O1. The minimum absolute atomic E-state index is 0.00716. The lowest BCUT2D eigenvalue weighted by molar-refractivity contribution is -0.131. The molecule has 2 aliphatic heterocycles. The Balaban J connectivity index is 1.48. The molecule has 1 fully saturated rings. The maximum Gasteiger partial charge on any atom is 0.249 e. The molecule has 1 aromatic rings. The summed E-state index contributed by atoms with van der Waals surface area (Å²) in [5.41, 5.74) is 0. The molecule has 6 nitrogen and oxygen atoms in total. The van der Waals surface area contributed by atoms with Crippen LogP contribution in [0.2, 0.25) is 0 Å². The first kappa shape index (κ1) is 13.5. The first-order valence-corrected chi connectivity index (χ1v) is 7.58. The number of carbonyl (C=O) groups excluding carboxylic acids is 1. The normalized spacial score (nSPS) is 25.4. The molecule has 0 aromatic carbocycles. The van der Waals surface area contributed by atoms with Crippen molar-refractivity contribution in [1.29, 1.82) is 0 Å². The van der Waals surface area contributed by atoms with Crippen LogP contribution in [-0.2, 0) is 28.9 Å². The molecule has 0 bridgehead atoms. The van der Waals surface area contributed by atoms with Gasteiger partial charge >= 0.3 is 0 Å². The zero-order chi connectivity index (χ0) is 13.9. The molecule has 0 radical (unpaired) electrons. The third kappa shape index (κ3) is 2.85. The van der Waals surface area contributed by atoms with E-state index in [-0.39, 0.29) is 18.1 Å². The monoisotopic (exact) mass is 278 g/mol. The van der Waals surface area contributed by atoms with Crippen molar-refractivity contribution < 1.29 is 9.53 Å². The second kappa shape index (κ2) is 5.91. The van der Waals surface area contributed by atoms with E-state index in [1.165, 1.54) is 12.8 Å². The zero-order valence-corrected chi connectivity index (χ0v) is 12.0. The summed E-state index contributed by atoms with van der Waals surface area (Å²) >= 11 is 0. The van der Waals surface area contributed by atoms with Crippen LogP contribution in [-0.4, -0.2) is 39.4 Å². The van der Waals surface area contributed by atoms with E-state index in [1.54, 1.807) is 0 Å². The van der Waals surface area contributed by atoms with E-state index in [4.69, 9.17) is 4.74 Å². The van der Waals surface area contributed by atoms with Gasteiger partial charge in [0.1, 0.15) is 17.8 Å². The van der Waals surface area contributed by atoms with Crippen LogP contribution >= 0.6 is 0 Å². The lowest BCUT2D eigenvalue weighted by Crippen LogP contribution is -2.36. The van der Waals surface area contributed by atoms with Crippen LogP contribution in [0.1, 0.15) is 44.3 Å². The summed E-state index contributed by atoms with van der Waals surface area (Å²) in [5.74, 6) is 2.08. The molecule has 110 valence electrons. The van der Waals surface area contributed by atoms with Crippen molar-refractivity contribution in [2.45, 2.75) is 64.2 Å². The molecule has 0 spiro atoms. The third-order valence-corrected chi connectivity index (χ3v) is 4.11. The lowest BCUT2D eigenvalue weighted by Gasteiger charge is -2.15. The Morgan fingerprint density at radius 1 is 1.40 bits per heavy atom. The molecule has 1 aromatic heterocycles. The number of hydrogen-bond donors (Lipinski definition) is 1. The highest BCUT2D eigenvalue weighted by Crippen LogP contribution is 2.19. The predicted molar refractivity (Wildman–Crippen MR) is 73.2 cm³/mol. The summed E-state index contributed by atoms with van der Waals surface area (Å²) in [4.78, 5) is 11.9. The molecule has 0 aliphatic carbocycles. The van der Waals surface area contributed by atoms with Crippen LogP contribution in [0.4, 0.5) is 0 Å². The second-order valence-electron chi connectivity index (χ2n) is 5.69. The Labute approximate surface area is 118 Å². The van der Waals surface area contributed by atoms with Crippen LogP contribution in [0, 0.1) is 0 Å². The van der Waals surface area contributed by atoms with Crippen molar-refractivity contribution >= 4 is 5.91 Å². The van der Waals surface area contributed by atoms with Gasteiger partial charge in [-0.3, -0.25) is 4.79 Å². The van der Waals surface area contributed by atoms with E-state index in [1.807, 2.05) is 6.92 Å². The number of nitrogens with zero attached hydrogens (tertiary/aromatic N) is 3. The van der Waals surface area contributed by atoms with E-state index >= 15 is 0 Å². The Bertz CT molecular complexity index is 486. The van der Waals surface area contributed by atoms with Crippen molar-refractivity contribution in [3.05, 3.63) is 11.6 Å². The largest absolute Gasteiger partial charge is 0.365 e.